The molecule has 0 amide bonds. The van der Waals surface area contributed by atoms with Gasteiger partial charge in [0, 0.05) is 19.1 Å². The van der Waals surface area contributed by atoms with Crippen molar-refractivity contribution in [1.29, 1.82) is 0 Å². The zero-order valence-electron chi connectivity index (χ0n) is 13.6. The summed E-state index contributed by atoms with van der Waals surface area (Å²) < 4.78 is 5.95. The van der Waals surface area contributed by atoms with Crippen molar-refractivity contribution < 1.29 is 4.74 Å². The van der Waals surface area contributed by atoms with Crippen molar-refractivity contribution in [2.24, 2.45) is 0 Å². The van der Waals surface area contributed by atoms with E-state index in [9.17, 15) is 0 Å². The van der Waals surface area contributed by atoms with Crippen LogP contribution in [0.25, 0.3) is 0 Å². The van der Waals surface area contributed by atoms with Crippen molar-refractivity contribution >= 4 is 0 Å². The van der Waals surface area contributed by atoms with Crippen LogP contribution < -0.4 is 10.1 Å². The highest BCUT2D eigenvalue weighted by atomic mass is 16.5. The van der Waals surface area contributed by atoms with Gasteiger partial charge in [-0.1, -0.05) is 31.9 Å². The second kappa shape index (κ2) is 9.06. The molecule has 0 saturated carbocycles. The van der Waals surface area contributed by atoms with Crippen molar-refractivity contribution in [3.05, 3.63) is 29.8 Å². The van der Waals surface area contributed by atoms with Crippen LogP contribution in [0.2, 0.25) is 0 Å². The molecule has 1 fully saturated rings. The molecule has 0 bridgehead atoms. The largest absolute Gasteiger partial charge is 0.492 e. The Bertz CT molecular complexity index is 406. The molecule has 0 spiro atoms. The fraction of sp³-hybridized carbons (Fsp3) is 0.667. The van der Waals surface area contributed by atoms with Crippen molar-refractivity contribution in [2.45, 2.75) is 51.6 Å². The number of rotatable bonds is 8. The van der Waals surface area contributed by atoms with E-state index in [0.717, 1.165) is 31.5 Å². The molecule has 1 unspecified atom stereocenters. The van der Waals surface area contributed by atoms with Gasteiger partial charge in [0.25, 0.3) is 0 Å². The molecule has 21 heavy (non-hydrogen) atoms. The van der Waals surface area contributed by atoms with Gasteiger partial charge in [0.1, 0.15) is 12.4 Å². The molecule has 1 aliphatic heterocycles. The molecule has 1 N–H and O–H groups in total. The summed E-state index contributed by atoms with van der Waals surface area (Å²) in [6.45, 7) is 6.27. The summed E-state index contributed by atoms with van der Waals surface area (Å²) in [7, 11) is 1.97. The van der Waals surface area contributed by atoms with E-state index in [0.29, 0.717) is 0 Å². The van der Waals surface area contributed by atoms with Gasteiger partial charge in [-0.15, -0.1) is 0 Å². The average molecular weight is 290 g/mol. The monoisotopic (exact) mass is 290 g/mol. The number of piperidine rings is 1. The first-order valence-corrected chi connectivity index (χ1v) is 8.44. The average Bonchev–Trinajstić information content (AvgIpc) is 2.50. The lowest BCUT2D eigenvalue weighted by atomic mass is 9.98. The lowest BCUT2D eigenvalue weighted by Gasteiger charge is -2.35. The van der Waals surface area contributed by atoms with E-state index in [1.54, 1.807) is 0 Å². The molecule has 1 heterocycles. The highest BCUT2D eigenvalue weighted by Gasteiger charge is 2.20. The molecule has 2 rings (SSSR count). The Morgan fingerprint density at radius 3 is 3.05 bits per heavy atom. The number of likely N-dealkylation sites (tertiary alicyclic amines) is 1. The van der Waals surface area contributed by atoms with Crippen LogP contribution in [-0.4, -0.2) is 37.7 Å². The predicted molar refractivity (Wildman–Crippen MR) is 88.8 cm³/mol. The van der Waals surface area contributed by atoms with Crippen molar-refractivity contribution in [2.75, 3.05) is 26.7 Å². The van der Waals surface area contributed by atoms with Gasteiger partial charge < -0.3 is 10.1 Å². The zero-order chi connectivity index (χ0) is 14.9. The van der Waals surface area contributed by atoms with Crippen LogP contribution in [0.3, 0.4) is 0 Å². The molecule has 1 saturated heterocycles. The minimum Gasteiger partial charge on any atom is -0.492 e. The van der Waals surface area contributed by atoms with Crippen LogP contribution in [0.4, 0.5) is 0 Å². The Hall–Kier alpha value is -1.06. The standard InChI is InChI=1S/C18H30N2O/c1-3-7-17-9-4-5-11-20(17)12-13-21-18-10-6-8-16(14-18)15-19-2/h6,8,10,14,17,19H,3-5,7,9,11-13,15H2,1-2H3. The maximum absolute atomic E-state index is 5.95. The fourth-order valence-electron chi connectivity index (χ4n) is 3.24. The lowest BCUT2D eigenvalue weighted by molar-refractivity contribution is 0.116. The molecule has 1 aromatic carbocycles. The Morgan fingerprint density at radius 2 is 2.24 bits per heavy atom. The predicted octanol–water partition coefficient (Wildman–Crippen LogP) is 3.44. The summed E-state index contributed by atoms with van der Waals surface area (Å²) in [6, 6.07) is 9.17. The molecular formula is C18H30N2O. The SMILES string of the molecule is CCCC1CCCCN1CCOc1cccc(CNC)c1. The Balaban J connectivity index is 1.78. The lowest BCUT2D eigenvalue weighted by Crippen LogP contribution is -2.41. The number of nitrogens with one attached hydrogen (secondary N) is 1. The van der Waals surface area contributed by atoms with Gasteiger partial charge in [-0.05, 0) is 50.6 Å². The summed E-state index contributed by atoms with van der Waals surface area (Å²) in [6.07, 6.45) is 6.73. The summed E-state index contributed by atoms with van der Waals surface area (Å²) in [5.74, 6) is 0.992. The first kappa shape index (κ1) is 16.3. The van der Waals surface area contributed by atoms with Crippen molar-refractivity contribution in [1.82, 2.24) is 10.2 Å². The third-order valence-corrected chi connectivity index (χ3v) is 4.30. The zero-order valence-corrected chi connectivity index (χ0v) is 13.6. The summed E-state index contributed by atoms with van der Waals surface area (Å²) in [4.78, 5) is 2.63. The summed E-state index contributed by atoms with van der Waals surface area (Å²) >= 11 is 0. The second-order valence-corrected chi connectivity index (χ2v) is 6.00. The summed E-state index contributed by atoms with van der Waals surface area (Å²) in [5.41, 5.74) is 1.27. The van der Waals surface area contributed by atoms with Gasteiger partial charge >= 0.3 is 0 Å². The fourth-order valence-corrected chi connectivity index (χ4v) is 3.24. The maximum Gasteiger partial charge on any atom is 0.119 e. The van der Waals surface area contributed by atoms with Gasteiger partial charge in [-0.2, -0.15) is 0 Å². The molecule has 3 heteroatoms. The third kappa shape index (κ3) is 5.33. The van der Waals surface area contributed by atoms with Gasteiger partial charge in [0.15, 0.2) is 0 Å². The van der Waals surface area contributed by atoms with Gasteiger partial charge in [-0.25, -0.2) is 0 Å². The highest BCUT2D eigenvalue weighted by molar-refractivity contribution is 5.28. The van der Waals surface area contributed by atoms with E-state index in [4.69, 9.17) is 4.74 Å². The first-order chi connectivity index (χ1) is 10.3. The molecule has 1 aliphatic rings. The quantitative estimate of drug-likeness (QED) is 0.794. The second-order valence-electron chi connectivity index (χ2n) is 6.00. The molecule has 0 aromatic heterocycles. The highest BCUT2D eigenvalue weighted by Crippen LogP contribution is 2.20. The molecule has 3 nitrogen and oxygen atoms in total. The number of ether oxygens (including phenoxy) is 1. The van der Waals surface area contributed by atoms with Crippen LogP contribution in [-0.2, 0) is 6.54 Å². The Morgan fingerprint density at radius 1 is 1.33 bits per heavy atom. The minimum atomic E-state index is 0.781. The van der Waals surface area contributed by atoms with Crippen molar-refractivity contribution in [3.63, 3.8) is 0 Å². The number of benzene rings is 1. The summed E-state index contributed by atoms with van der Waals surface area (Å²) in [5, 5.41) is 3.18. The van der Waals surface area contributed by atoms with Gasteiger partial charge in [0.2, 0.25) is 0 Å². The number of hydrogen-bond donors (Lipinski definition) is 1. The van der Waals surface area contributed by atoms with E-state index >= 15 is 0 Å². The van der Waals surface area contributed by atoms with Crippen LogP contribution >= 0.6 is 0 Å². The van der Waals surface area contributed by atoms with Crippen molar-refractivity contribution in [3.8, 4) is 5.75 Å². The van der Waals surface area contributed by atoms with Crippen LogP contribution in [0.1, 0.15) is 44.6 Å². The normalized spacial score (nSPS) is 19.6. The smallest absolute Gasteiger partial charge is 0.119 e. The maximum atomic E-state index is 5.95. The Labute approximate surface area is 129 Å². The molecule has 1 aromatic rings. The minimum absolute atomic E-state index is 0.781. The number of hydrogen-bond acceptors (Lipinski definition) is 3. The van der Waals surface area contributed by atoms with Gasteiger partial charge in [-0.3, -0.25) is 4.90 Å². The molecule has 1 atom stereocenters. The van der Waals surface area contributed by atoms with Gasteiger partial charge in [0.05, 0.1) is 0 Å². The molecule has 118 valence electrons. The Kier molecular flexibility index (Phi) is 7.04. The number of nitrogens with zero attached hydrogens (tertiary/aromatic N) is 1. The van der Waals surface area contributed by atoms with E-state index < -0.39 is 0 Å². The van der Waals surface area contributed by atoms with E-state index in [1.165, 1.54) is 44.2 Å². The van der Waals surface area contributed by atoms with Crippen LogP contribution in [0.5, 0.6) is 5.75 Å². The third-order valence-electron chi connectivity index (χ3n) is 4.30. The molecule has 0 aliphatic carbocycles. The molecule has 0 radical (unpaired) electrons. The first-order valence-electron chi connectivity index (χ1n) is 8.44. The molecular weight excluding hydrogens is 260 g/mol. The van der Waals surface area contributed by atoms with E-state index in [1.807, 2.05) is 7.05 Å². The van der Waals surface area contributed by atoms with E-state index in [2.05, 4.69) is 41.4 Å². The topological polar surface area (TPSA) is 24.5 Å². The van der Waals surface area contributed by atoms with E-state index in [-0.39, 0.29) is 0 Å². The van der Waals surface area contributed by atoms with Crippen LogP contribution in [0, 0.1) is 0 Å². The van der Waals surface area contributed by atoms with Crippen LogP contribution in [0.15, 0.2) is 24.3 Å².